The SMILES string of the molecule is Cc1cncc(C(=O)C2C3CCCC32)c1. The van der Waals surface area contributed by atoms with Crippen molar-refractivity contribution < 1.29 is 4.79 Å². The number of rotatable bonds is 2. The monoisotopic (exact) mass is 201 g/mol. The number of pyridine rings is 1. The van der Waals surface area contributed by atoms with E-state index in [1.54, 1.807) is 12.4 Å². The minimum atomic E-state index is 0.334. The van der Waals surface area contributed by atoms with E-state index >= 15 is 0 Å². The molecule has 1 aromatic heterocycles. The maximum absolute atomic E-state index is 12.1. The largest absolute Gasteiger partial charge is 0.294 e. The molecule has 1 aromatic rings. The van der Waals surface area contributed by atoms with Gasteiger partial charge in [0, 0.05) is 23.9 Å². The van der Waals surface area contributed by atoms with Crippen LogP contribution in [-0.2, 0) is 0 Å². The topological polar surface area (TPSA) is 30.0 Å². The van der Waals surface area contributed by atoms with E-state index < -0.39 is 0 Å². The molecule has 2 atom stereocenters. The molecule has 78 valence electrons. The number of hydrogen-bond acceptors (Lipinski definition) is 2. The normalized spacial score (nSPS) is 32.5. The summed E-state index contributed by atoms with van der Waals surface area (Å²) in [5, 5.41) is 0. The summed E-state index contributed by atoms with van der Waals surface area (Å²) in [5.41, 5.74) is 1.89. The van der Waals surface area contributed by atoms with Crippen molar-refractivity contribution >= 4 is 5.78 Å². The Bertz CT molecular complexity index is 403. The fourth-order valence-electron chi connectivity index (χ4n) is 3.09. The van der Waals surface area contributed by atoms with Crippen molar-refractivity contribution in [2.45, 2.75) is 26.2 Å². The first-order valence-electron chi connectivity index (χ1n) is 5.73. The van der Waals surface area contributed by atoms with Crippen molar-refractivity contribution in [2.75, 3.05) is 0 Å². The highest BCUT2D eigenvalue weighted by Crippen LogP contribution is 2.58. The second-order valence-electron chi connectivity index (χ2n) is 4.90. The number of ketones is 1. The highest BCUT2D eigenvalue weighted by molar-refractivity contribution is 6.00. The van der Waals surface area contributed by atoms with Gasteiger partial charge in [0.25, 0.3) is 0 Å². The zero-order valence-electron chi connectivity index (χ0n) is 8.94. The number of hydrogen-bond donors (Lipinski definition) is 0. The van der Waals surface area contributed by atoms with E-state index in [2.05, 4.69) is 4.98 Å². The predicted molar refractivity (Wildman–Crippen MR) is 57.6 cm³/mol. The summed E-state index contributed by atoms with van der Waals surface area (Å²) in [6.45, 7) is 1.98. The Balaban J connectivity index is 1.81. The lowest BCUT2D eigenvalue weighted by Gasteiger charge is -2.03. The molecule has 2 heteroatoms. The van der Waals surface area contributed by atoms with Crippen LogP contribution in [0.25, 0.3) is 0 Å². The van der Waals surface area contributed by atoms with Gasteiger partial charge in [0.15, 0.2) is 5.78 Å². The Hall–Kier alpha value is -1.18. The molecule has 2 aliphatic rings. The number of nitrogens with zero attached hydrogens (tertiary/aromatic N) is 1. The molecule has 2 fully saturated rings. The van der Waals surface area contributed by atoms with Crippen LogP contribution in [0.15, 0.2) is 18.5 Å². The van der Waals surface area contributed by atoms with Gasteiger partial charge in [-0.2, -0.15) is 0 Å². The van der Waals surface area contributed by atoms with Crippen LogP contribution in [0.5, 0.6) is 0 Å². The molecule has 0 spiro atoms. The number of carbonyl (C=O) groups is 1. The van der Waals surface area contributed by atoms with E-state index in [0.29, 0.717) is 23.5 Å². The van der Waals surface area contributed by atoms with Crippen molar-refractivity contribution in [1.29, 1.82) is 0 Å². The van der Waals surface area contributed by atoms with Gasteiger partial charge >= 0.3 is 0 Å². The minimum absolute atomic E-state index is 0.334. The van der Waals surface area contributed by atoms with Crippen LogP contribution in [0.4, 0.5) is 0 Å². The average Bonchev–Trinajstić information content (AvgIpc) is 2.70. The molecule has 2 unspecified atom stereocenters. The van der Waals surface area contributed by atoms with E-state index in [1.165, 1.54) is 19.3 Å². The molecule has 15 heavy (non-hydrogen) atoms. The fraction of sp³-hybridized carbons (Fsp3) is 0.538. The van der Waals surface area contributed by atoms with E-state index in [1.807, 2.05) is 13.0 Å². The Morgan fingerprint density at radius 1 is 1.33 bits per heavy atom. The van der Waals surface area contributed by atoms with Crippen LogP contribution >= 0.6 is 0 Å². The summed E-state index contributed by atoms with van der Waals surface area (Å²) in [6.07, 6.45) is 7.36. The molecule has 0 saturated heterocycles. The lowest BCUT2D eigenvalue weighted by molar-refractivity contribution is 0.0951. The van der Waals surface area contributed by atoms with Gasteiger partial charge < -0.3 is 0 Å². The quantitative estimate of drug-likeness (QED) is 0.688. The van der Waals surface area contributed by atoms with Crippen LogP contribution in [0.2, 0.25) is 0 Å². The summed E-state index contributed by atoms with van der Waals surface area (Å²) >= 11 is 0. The summed E-state index contributed by atoms with van der Waals surface area (Å²) < 4.78 is 0. The first kappa shape index (κ1) is 9.08. The van der Waals surface area contributed by atoms with Crippen LogP contribution in [0, 0.1) is 24.7 Å². The van der Waals surface area contributed by atoms with Gasteiger partial charge in [0.1, 0.15) is 0 Å². The second-order valence-corrected chi connectivity index (χ2v) is 4.90. The molecule has 0 bridgehead atoms. The third kappa shape index (κ3) is 1.39. The lowest BCUT2D eigenvalue weighted by Crippen LogP contribution is -2.06. The highest BCUT2D eigenvalue weighted by atomic mass is 16.1. The van der Waals surface area contributed by atoms with E-state index in [0.717, 1.165) is 11.1 Å². The van der Waals surface area contributed by atoms with Gasteiger partial charge in [-0.25, -0.2) is 0 Å². The Morgan fingerprint density at radius 3 is 2.73 bits per heavy atom. The van der Waals surface area contributed by atoms with E-state index in [9.17, 15) is 4.79 Å². The third-order valence-corrected chi connectivity index (χ3v) is 3.87. The zero-order chi connectivity index (χ0) is 10.4. The van der Waals surface area contributed by atoms with Crippen LogP contribution < -0.4 is 0 Å². The Labute approximate surface area is 89.7 Å². The van der Waals surface area contributed by atoms with Crippen molar-refractivity contribution in [3.8, 4) is 0 Å². The van der Waals surface area contributed by atoms with Crippen LogP contribution in [0.3, 0.4) is 0 Å². The van der Waals surface area contributed by atoms with Gasteiger partial charge in [-0.1, -0.05) is 6.42 Å². The Morgan fingerprint density at radius 2 is 2.07 bits per heavy atom. The predicted octanol–water partition coefficient (Wildman–Crippen LogP) is 2.62. The van der Waals surface area contributed by atoms with Crippen LogP contribution in [-0.4, -0.2) is 10.8 Å². The van der Waals surface area contributed by atoms with Gasteiger partial charge in [0.05, 0.1) is 0 Å². The maximum atomic E-state index is 12.1. The molecule has 2 saturated carbocycles. The standard InChI is InChI=1S/C13H15NO/c1-8-5-9(7-14-6-8)13(15)12-10-3-2-4-11(10)12/h5-7,10-12H,2-4H2,1H3. The number of Topliss-reactive ketones (excluding diaryl/α,β-unsaturated/α-hetero) is 1. The van der Waals surface area contributed by atoms with Crippen molar-refractivity contribution in [3.63, 3.8) is 0 Å². The first-order chi connectivity index (χ1) is 7.27. The molecule has 0 amide bonds. The molecule has 0 aliphatic heterocycles. The maximum Gasteiger partial charge on any atom is 0.168 e. The van der Waals surface area contributed by atoms with Gasteiger partial charge in [0.2, 0.25) is 0 Å². The molecule has 2 nitrogen and oxygen atoms in total. The lowest BCUT2D eigenvalue weighted by atomic mass is 10.0. The Kier molecular flexibility index (Phi) is 1.91. The number of fused-ring (bicyclic) bond motifs is 1. The molecule has 0 N–H and O–H groups in total. The highest BCUT2D eigenvalue weighted by Gasteiger charge is 2.56. The zero-order valence-corrected chi connectivity index (χ0v) is 8.94. The molecular formula is C13H15NO. The molecule has 0 radical (unpaired) electrons. The van der Waals surface area contributed by atoms with Gasteiger partial charge in [-0.15, -0.1) is 0 Å². The molecule has 0 aromatic carbocycles. The van der Waals surface area contributed by atoms with Gasteiger partial charge in [-0.05, 0) is 43.2 Å². The van der Waals surface area contributed by atoms with Crippen molar-refractivity contribution in [1.82, 2.24) is 4.98 Å². The van der Waals surface area contributed by atoms with E-state index in [4.69, 9.17) is 0 Å². The fourth-order valence-corrected chi connectivity index (χ4v) is 3.09. The van der Waals surface area contributed by atoms with Gasteiger partial charge in [-0.3, -0.25) is 9.78 Å². The summed E-state index contributed by atoms with van der Waals surface area (Å²) in [4.78, 5) is 16.2. The molecule has 2 aliphatic carbocycles. The second kappa shape index (κ2) is 3.16. The first-order valence-corrected chi connectivity index (χ1v) is 5.73. The number of aryl methyl sites for hydroxylation is 1. The van der Waals surface area contributed by atoms with Crippen LogP contribution in [0.1, 0.15) is 35.2 Å². The summed E-state index contributed by atoms with van der Waals surface area (Å²) in [7, 11) is 0. The van der Waals surface area contributed by atoms with Crippen molar-refractivity contribution in [2.24, 2.45) is 17.8 Å². The molecule has 1 heterocycles. The van der Waals surface area contributed by atoms with Crippen molar-refractivity contribution in [3.05, 3.63) is 29.6 Å². The minimum Gasteiger partial charge on any atom is -0.294 e. The number of aromatic nitrogens is 1. The number of carbonyl (C=O) groups excluding carboxylic acids is 1. The summed E-state index contributed by atoms with van der Waals surface area (Å²) in [6, 6.07) is 1.96. The average molecular weight is 201 g/mol. The van der Waals surface area contributed by atoms with E-state index in [-0.39, 0.29) is 0 Å². The smallest absolute Gasteiger partial charge is 0.168 e. The third-order valence-electron chi connectivity index (χ3n) is 3.87. The summed E-state index contributed by atoms with van der Waals surface area (Å²) in [5.74, 6) is 2.08. The molecular weight excluding hydrogens is 186 g/mol. The molecule has 3 rings (SSSR count).